The zero-order valence-electron chi connectivity index (χ0n) is 8.73. The lowest BCUT2D eigenvalue weighted by molar-refractivity contribution is 0.276. The second-order valence-electron chi connectivity index (χ2n) is 3.18. The van der Waals surface area contributed by atoms with Crippen molar-refractivity contribution >= 4 is 0 Å². The van der Waals surface area contributed by atoms with Crippen LogP contribution in [0.1, 0.15) is 24.0 Å². The van der Waals surface area contributed by atoms with Gasteiger partial charge in [-0.2, -0.15) is 5.26 Å². The van der Waals surface area contributed by atoms with Crippen LogP contribution >= 0.6 is 0 Å². The van der Waals surface area contributed by atoms with Gasteiger partial charge in [-0.15, -0.1) is 0 Å². The molecule has 1 N–H and O–H groups in total. The van der Waals surface area contributed by atoms with Crippen molar-refractivity contribution in [3.8, 4) is 11.8 Å². The highest BCUT2D eigenvalue weighted by molar-refractivity contribution is 5.44. The molecule has 0 aliphatic rings. The summed E-state index contributed by atoms with van der Waals surface area (Å²) in [6.07, 6.45) is 0. The van der Waals surface area contributed by atoms with Crippen LogP contribution < -0.4 is 4.74 Å². The van der Waals surface area contributed by atoms with E-state index in [2.05, 4.69) is 13.0 Å². The van der Waals surface area contributed by atoms with E-state index >= 15 is 0 Å². The molecule has 0 aliphatic carbocycles. The maximum absolute atomic E-state index is 9.04. The molecule has 1 atom stereocenters. The zero-order chi connectivity index (χ0) is 11.3. The van der Waals surface area contributed by atoms with Crippen LogP contribution in [-0.4, -0.2) is 18.3 Å². The molecule has 0 saturated heterocycles. The number of aliphatic hydroxyl groups is 1. The van der Waals surface area contributed by atoms with Crippen molar-refractivity contribution in [2.75, 3.05) is 13.2 Å². The van der Waals surface area contributed by atoms with Gasteiger partial charge in [-0.3, -0.25) is 0 Å². The molecule has 1 aromatic rings. The number of nitriles is 1. The van der Waals surface area contributed by atoms with Crippen LogP contribution in [0.4, 0.5) is 0 Å². The summed E-state index contributed by atoms with van der Waals surface area (Å²) in [6.45, 7) is 6.19. The van der Waals surface area contributed by atoms with Crippen LogP contribution in [0.25, 0.3) is 0 Å². The second-order valence-corrected chi connectivity index (χ2v) is 3.18. The fourth-order valence-electron chi connectivity index (χ4n) is 1.32. The number of ether oxygens (including phenoxy) is 1. The van der Waals surface area contributed by atoms with Crippen molar-refractivity contribution in [1.29, 1.82) is 5.26 Å². The normalized spacial score (nSPS) is 11.9. The Morgan fingerprint density at radius 3 is 2.87 bits per heavy atom. The average molecular weight is 204 g/mol. The number of benzene rings is 1. The Hall–Kier alpha value is -1.53. The number of rotatable bonds is 4. The van der Waals surface area contributed by atoms with Gasteiger partial charge in [-0.25, -0.2) is 0 Å². The van der Waals surface area contributed by atoms with Gasteiger partial charge in [0.1, 0.15) is 5.75 Å². The van der Waals surface area contributed by atoms with Crippen LogP contribution in [0.2, 0.25) is 0 Å². The molecule has 0 amide bonds. The van der Waals surface area contributed by atoms with Crippen LogP contribution in [0.3, 0.4) is 0 Å². The van der Waals surface area contributed by atoms with Gasteiger partial charge in [0.05, 0.1) is 24.8 Å². The lowest BCUT2D eigenvalue weighted by Crippen LogP contribution is -2.04. The lowest BCUT2D eigenvalue weighted by atomic mass is 9.99. The lowest BCUT2D eigenvalue weighted by Gasteiger charge is -2.14. The van der Waals surface area contributed by atoms with Crippen molar-refractivity contribution in [3.63, 3.8) is 0 Å². The monoisotopic (exact) mass is 204 g/mol. The molecule has 3 nitrogen and oxygen atoms in total. The van der Waals surface area contributed by atoms with E-state index in [0.717, 1.165) is 5.56 Å². The smallest absolute Gasteiger partial charge is 0.122 e. The number of hydrogen-bond acceptors (Lipinski definition) is 3. The van der Waals surface area contributed by atoms with Crippen molar-refractivity contribution in [2.24, 2.45) is 0 Å². The fraction of sp³-hybridized carbons (Fsp3) is 0.333. The van der Waals surface area contributed by atoms with E-state index in [9.17, 15) is 0 Å². The molecular formula is C12H14NO2. The van der Waals surface area contributed by atoms with E-state index in [4.69, 9.17) is 15.1 Å². The quantitative estimate of drug-likeness (QED) is 0.814. The Labute approximate surface area is 89.9 Å². The molecule has 79 valence electrons. The van der Waals surface area contributed by atoms with Crippen LogP contribution in [0, 0.1) is 18.3 Å². The van der Waals surface area contributed by atoms with Gasteiger partial charge in [0.2, 0.25) is 0 Å². The number of nitrogens with zero attached hydrogens (tertiary/aromatic N) is 1. The molecule has 0 fully saturated rings. The summed E-state index contributed by atoms with van der Waals surface area (Å²) >= 11 is 0. The summed E-state index contributed by atoms with van der Waals surface area (Å²) in [6, 6.07) is 7.19. The molecular weight excluding hydrogens is 190 g/mol. The van der Waals surface area contributed by atoms with Gasteiger partial charge in [0.15, 0.2) is 0 Å². The maximum atomic E-state index is 9.04. The third-order valence-electron chi connectivity index (χ3n) is 2.10. The van der Waals surface area contributed by atoms with Crippen molar-refractivity contribution in [1.82, 2.24) is 0 Å². The van der Waals surface area contributed by atoms with Gasteiger partial charge in [-0.1, -0.05) is 0 Å². The summed E-state index contributed by atoms with van der Waals surface area (Å²) in [7, 11) is 0. The van der Waals surface area contributed by atoms with E-state index in [-0.39, 0.29) is 12.5 Å². The highest BCUT2D eigenvalue weighted by Gasteiger charge is 2.11. The molecule has 0 aromatic heterocycles. The Bertz CT molecular complexity index is 368. The van der Waals surface area contributed by atoms with E-state index in [1.54, 1.807) is 18.2 Å². The molecule has 0 spiro atoms. The van der Waals surface area contributed by atoms with Gasteiger partial charge in [0, 0.05) is 11.5 Å². The topological polar surface area (TPSA) is 53.2 Å². The third kappa shape index (κ3) is 2.71. The van der Waals surface area contributed by atoms with E-state index in [1.807, 2.05) is 6.92 Å². The minimum Gasteiger partial charge on any atom is -0.494 e. The zero-order valence-corrected chi connectivity index (χ0v) is 8.73. The van der Waals surface area contributed by atoms with Crippen LogP contribution in [-0.2, 0) is 0 Å². The summed E-state index contributed by atoms with van der Waals surface area (Å²) in [4.78, 5) is 0. The SMILES string of the molecule is [CH2]C(CO)c1cc(C#N)ccc1OCC. The first-order chi connectivity index (χ1) is 7.22. The van der Waals surface area contributed by atoms with Crippen LogP contribution in [0.5, 0.6) is 5.75 Å². The Kier molecular flexibility index (Phi) is 4.14. The molecule has 1 radical (unpaired) electrons. The van der Waals surface area contributed by atoms with Gasteiger partial charge >= 0.3 is 0 Å². The average Bonchev–Trinajstić information content (AvgIpc) is 2.29. The van der Waals surface area contributed by atoms with Gasteiger partial charge < -0.3 is 9.84 Å². The first-order valence-electron chi connectivity index (χ1n) is 4.83. The summed E-state index contributed by atoms with van der Waals surface area (Å²) in [5.74, 6) is 0.422. The first-order valence-corrected chi connectivity index (χ1v) is 4.83. The number of aliphatic hydroxyl groups excluding tert-OH is 1. The molecule has 15 heavy (non-hydrogen) atoms. The predicted octanol–water partition coefficient (Wildman–Crippen LogP) is 1.87. The van der Waals surface area contributed by atoms with Crippen LogP contribution in [0.15, 0.2) is 18.2 Å². The van der Waals surface area contributed by atoms with Crippen molar-refractivity contribution < 1.29 is 9.84 Å². The Morgan fingerprint density at radius 1 is 1.60 bits per heavy atom. The van der Waals surface area contributed by atoms with Gasteiger partial charge in [-0.05, 0) is 32.0 Å². The van der Waals surface area contributed by atoms with Crippen molar-refractivity contribution in [3.05, 3.63) is 36.2 Å². The Morgan fingerprint density at radius 2 is 2.33 bits per heavy atom. The minimum absolute atomic E-state index is 0.0606. The van der Waals surface area contributed by atoms with Crippen molar-refractivity contribution in [2.45, 2.75) is 12.8 Å². The molecule has 1 unspecified atom stereocenters. The molecule has 0 heterocycles. The third-order valence-corrected chi connectivity index (χ3v) is 2.10. The predicted molar refractivity (Wildman–Crippen MR) is 57.5 cm³/mol. The summed E-state index contributed by atoms with van der Waals surface area (Å²) < 4.78 is 5.40. The first kappa shape index (κ1) is 11.5. The second kappa shape index (κ2) is 5.38. The molecule has 1 aromatic carbocycles. The fourth-order valence-corrected chi connectivity index (χ4v) is 1.32. The highest BCUT2D eigenvalue weighted by atomic mass is 16.5. The van der Waals surface area contributed by atoms with E-state index in [0.29, 0.717) is 17.9 Å². The molecule has 0 saturated carbocycles. The summed E-state index contributed by atoms with van der Waals surface area (Å²) in [5, 5.41) is 17.8. The maximum Gasteiger partial charge on any atom is 0.122 e. The molecule has 0 aliphatic heterocycles. The summed E-state index contributed by atoms with van der Waals surface area (Å²) in [5.41, 5.74) is 1.33. The highest BCUT2D eigenvalue weighted by Crippen LogP contribution is 2.27. The van der Waals surface area contributed by atoms with Gasteiger partial charge in [0.25, 0.3) is 0 Å². The van der Waals surface area contributed by atoms with E-state index < -0.39 is 0 Å². The Balaban J connectivity index is 3.11. The molecule has 3 heteroatoms. The minimum atomic E-state index is -0.264. The molecule has 0 bridgehead atoms. The van der Waals surface area contributed by atoms with E-state index in [1.165, 1.54) is 0 Å². The standard InChI is InChI=1S/C12H14NO2/c1-3-15-12-5-4-10(7-13)6-11(12)9(2)8-14/h4-6,9,14H,2-3,8H2,1H3. The molecule has 1 rings (SSSR count). The number of hydrogen-bond donors (Lipinski definition) is 1. The largest absolute Gasteiger partial charge is 0.494 e.